The first-order valence-corrected chi connectivity index (χ1v) is 5.88. The van der Waals surface area contributed by atoms with Crippen molar-refractivity contribution in [3.05, 3.63) is 45.7 Å². The third kappa shape index (κ3) is 2.68. The maximum atomic E-state index is 13.0. The fraction of sp³-hybridized carbons (Fsp3) is 0.167. The normalized spacial score (nSPS) is 10.3. The first kappa shape index (κ1) is 11.7. The van der Waals surface area contributed by atoms with E-state index in [4.69, 9.17) is 0 Å². The number of rotatable bonds is 2. The van der Waals surface area contributed by atoms with Crippen molar-refractivity contribution in [3.63, 3.8) is 0 Å². The molecule has 0 bridgehead atoms. The van der Waals surface area contributed by atoms with Crippen LogP contribution >= 0.6 is 11.3 Å². The molecule has 17 heavy (non-hydrogen) atoms. The van der Waals surface area contributed by atoms with Crippen molar-refractivity contribution in [2.45, 2.75) is 13.8 Å². The van der Waals surface area contributed by atoms with Gasteiger partial charge >= 0.3 is 0 Å². The lowest BCUT2D eigenvalue weighted by molar-refractivity contribution is 0.103. The van der Waals surface area contributed by atoms with Crippen LogP contribution in [0, 0.1) is 19.7 Å². The van der Waals surface area contributed by atoms with Crippen LogP contribution in [0.25, 0.3) is 0 Å². The van der Waals surface area contributed by atoms with E-state index in [-0.39, 0.29) is 11.7 Å². The van der Waals surface area contributed by atoms with Gasteiger partial charge in [0, 0.05) is 5.69 Å². The van der Waals surface area contributed by atoms with Crippen LogP contribution in [0.1, 0.15) is 20.2 Å². The molecule has 0 aliphatic carbocycles. The zero-order chi connectivity index (χ0) is 12.4. The molecule has 0 saturated carbocycles. The van der Waals surface area contributed by atoms with Gasteiger partial charge in [-0.3, -0.25) is 4.79 Å². The summed E-state index contributed by atoms with van der Waals surface area (Å²) in [7, 11) is 0. The molecule has 2 rings (SSSR count). The first-order chi connectivity index (χ1) is 8.06. The molecule has 3 nitrogen and oxygen atoms in total. The average Bonchev–Trinajstić information content (AvgIpc) is 2.70. The molecular formula is C12H11FN2OS. The summed E-state index contributed by atoms with van der Waals surface area (Å²) >= 11 is 1.33. The minimum absolute atomic E-state index is 0.221. The van der Waals surface area contributed by atoms with E-state index in [0.717, 1.165) is 5.01 Å². The summed E-state index contributed by atoms with van der Waals surface area (Å²) in [5.41, 5.74) is 1.09. The van der Waals surface area contributed by atoms with E-state index in [9.17, 15) is 9.18 Å². The number of halogens is 1. The second-order valence-corrected chi connectivity index (χ2v) is 4.90. The monoisotopic (exact) mass is 250 g/mol. The molecule has 88 valence electrons. The standard InChI is InChI=1S/C12H11FN2OS/c1-7-5-9(3-4-10(7)13)15-12(16)11-6-14-8(2)17-11/h3-6H,1-2H3,(H,15,16). The molecule has 1 N–H and O–H groups in total. The van der Waals surface area contributed by atoms with Crippen molar-refractivity contribution in [2.75, 3.05) is 5.32 Å². The Hall–Kier alpha value is -1.75. The summed E-state index contributed by atoms with van der Waals surface area (Å²) in [5, 5.41) is 3.54. The summed E-state index contributed by atoms with van der Waals surface area (Å²) < 4.78 is 13.0. The summed E-state index contributed by atoms with van der Waals surface area (Å²) in [6.45, 7) is 3.49. The SMILES string of the molecule is Cc1ncc(C(=O)Nc2ccc(F)c(C)c2)s1. The topological polar surface area (TPSA) is 42.0 Å². The average molecular weight is 250 g/mol. The minimum atomic E-state index is -0.281. The highest BCUT2D eigenvalue weighted by Crippen LogP contribution is 2.17. The van der Waals surface area contributed by atoms with Crippen LogP contribution in [0.3, 0.4) is 0 Å². The highest BCUT2D eigenvalue weighted by Gasteiger charge is 2.09. The van der Waals surface area contributed by atoms with Crippen molar-refractivity contribution in [3.8, 4) is 0 Å². The smallest absolute Gasteiger partial charge is 0.267 e. The van der Waals surface area contributed by atoms with Gasteiger partial charge in [-0.15, -0.1) is 11.3 Å². The number of carbonyl (C=O) groups is 1. The maximum Gasteiger partial charge on any atom is 0.267 e. The second kappa shape index (κ2) is 4.63. The van der Waals surface area contributed by atoms with Gasteiger partial charge in [0.25, 0.3) is 5.91 Å². The van der Waals surface area contributed by atoms with E-state index < -0.39 is 0 Å². The van der Waals surface area contributed by atoms with Crippen molar-refractivity contribution >= 4 is 22.9 Å². The zero-order valence-corrected chi connectivity index (χ0v) is 10.3. The predicted molar refractivity (Wildman–Crippen MR) is 65.9 cm³/mol. The number of aromatic nitrogens is 1. The number of nitrogens with one attached hydrogen (secondary N) is 1. The Morgan fingerprint density at radius 1 is 1.41 bits per heavy atom. The molecule has 2 aromatic rings. The largest absolute Gasteiger partial charge is 0.321 e. The Labute approximate surface area is 102 Å². The third-order valence-corrected chi connectivity index (χ3v) is 3.17. The Bertz CT molecular complexity index is 565. The van der Waals surface area contributed by atoms with Crippen LogP contribution in [0.2, 0.25) is 0 Å². The Kier molecular flexibility index (Phi) is 3.19. The van der Waals surface area contributed by atoms with Gasteiger partial charge in [-0.2, -0.15) is 0 Å². The van der Waals surface area contributed by atoms with Crippen LogP contribution in [0.4, 0.5) is 10.1 Å². The lowest BCUT2D eigenvalue weighted by Gasteiger charge is -2.04. The highest BCUT2D eigenvalue weighted by atomic mass is 32.1. The Morgan fingerprint density at radius 3 is 2.76 bits per heavy atom. The van der Waals surface area contributed by atoms with Crippen molar-refractivity contribution in [1.29, 1.82) is 0 Å². The maximum absolute atomic E-state index is 13.0. The van der Waals surface area contributed by atoms with E-state index in [1.54, 1.807) is 13.0 Å². The van der Waals surface area contributed by atoms with Gasteiger partial charge in [0.15, 0.2) is 0 Å². The van der Waals surface area contributed by atoms with Crippen molar-refractivity contribution in [1.82, 2.24) is 4.98 Å². The molecule has 0 saturated heterocycles. The predicted octanol–water partition coefficient (Wildman–Crippen LogP) is 3.15. The molecule has 0 aliphatic rings. The van der Waals surface area contributed by atoms with Crippen LogP contribution in [-0.4, -0.2) is 10.9 Å². The summed E-state index contributed by atoms with van der Waals surface area (Å²) in [6, 6.07) is 4.47. The number of aryl methyl sites for hydroxylation is 2. The Balaban J connectivity index is 2.15. The first-order valence-electron chi connectivity index (χ1n) is 5.06. The van der Waals surface area contributed by atoms with E-state index in [0.29, 0.717) is 16.1 Å². The van der Waals surface area contributed by atoms with Crippen LogP contribution in [0.5, 0.6) is 0 Å². The van der Waals surface area contributed by atoms with Gasteiger partial charge in [0.1, 0.15) is 10.7 Å². The van der Waals surface area contributed by atoms with E-state index >= 15 is 0 Å². The van der Waals surface area contributed by atoms with Crippen LogP contribution < -0.4 is 5.32 Å². The number of carbonyl (C=O) groups excluding carboxylic acids is 1. The number of hydrogen-bond donors (Lipinski definition) is 1. The molecule has 1 aromatic carbocycles. The number of anilines is 1. The van der Waals surface area contributed by atoms with E-state index in [1.165, 1.54) is 29.7 Å². The third-order valence-electron chi connectivity index (χ3n) is 2.26. The van der Waals surface area contributed by atoms with E-state index in [1.807, 2.05) is 6.92 Å². The minimum Gasteiger partial charge on any atom is -0.321 e. The molecule has 5 heteroatoms. The molecule has 0 spiro atoms. The molecule has 1 amide bonds. The van der Waals surface area contributed by atoms with Gasteiger partial charge in [0.05, 0.1) is 11.2 Å². The lowest BCUT2D eigenvalue weighted by Crippen LogP contribution is -2.10. The molecule has 0 atom stereocenters. The van der Waals surface area contributed by atoms with Crippen molar-refractivity contribution < 1.29 is 9.18 Å². The van der Waals surface area contributed by atoms with E-state index in [2.05, 4.69) is 10.3 Å². The second-order valence-electron chi connectivity index (χ2n) is 3.66. The van der Waals surface area contributed by atoms with Gasteiger partial charge in [-0.1, -0.05) is 0 Å². The number of amides is 1. The number of thiazole rings is 1. The number of benzene rings is 1. The fourth-order valence-electron chi connectivity index (χ4n) is 1.38. The van der Waals surface area contributed by atoms with Crippen LogP contribution in [0.15, 0.2) is 24.4 Å². The van der Waals surface area contributed by atoms with Crippen LogP contribution in [-0.2, 0) is 0 Å². The van der Waals surface area contributed by atoms with Gasteiger partial charge in [-0.25, -0.2) is 9.37 Å². The number of nitrogens with zero attached hydrogens (tertiary/aromatic N) is 1. The van der Waals surface area contributed by atoms with Crippen molar-refractivity contribution in [2.24, 2.45) is 0 Å². The fourth-order valence-corrected chi connectivity index (χ4v) is 2.05. The Morgan fingerprint density at radius 2 is 2.18 bits per heavy atom. The van der Waals surface area contributed by atoms with Gasteiger partial charge < -0.3 is 5.32 Å². The molecule has 1 heterocycles. The molecule has 0 aliphatic heterocycles. The molecule has 0 unspecified atom stereocenters. The molecular weight excluding hydrogens is 239 g/mol. The summed E-state index contributed by atoms with van der Waals surface area (Å²) in [5.74, 6) is -0.502. The van der Waals surface area contributed by atoms with Gasteiger partial charge in [0.2, 0.25) is 0 Å². The highest BCUT2D eigenvalue weighted by molar-refractivity contribution is 7.13. The zero-order valence-electron chi connectivity index (χ0n) is 9.45. The summed E-state index contributed by atoms with van der Waals surface area (Å²) in [4.78, 5) is 16.3. The van der Waals surface area contributed by atoms with Gasteiger partial charge in [-0.05, 0) is 37.6 Å². The molecule has 0 fully saturated rings. The summed E-state index contributed by atoms with van der Waals surface area (Å²) in [6.07, 6.45) is 1.53. The lowest BCUT2D eigenvalue weighted by atomic mass is 10.2. The number of hydrogen-bond acceptors (Lipinski definition) is 3. The molecule has 0 radical (unpaired) electrons. The molecule has 1 aromatic heterocycles. The quantitative estimate of drug-likeness (QED) is 0.889.